The molecule has 24 heavy (non-hydrogen) atoms. The molecule has 0 spiro atoms. The van der Waals surface area contributed by atoms with Crippen molar-refractivity contribution in [2.75, 3.05) is 5.73 Å². The maximum absolute atomic E-state index is 12.1. The van der Waals surface area contributed by atoms with Gasteiger partial charge in [0.25, 0.3) is 11.8 Å². The highest BCUT2D eigenvalue weighted by Crippen LogP contribution is 2.11. The number of para-hydroxylation sites is 1. The van der Waals surface area contributed by atoms with E-state index >= 15 is 0 Å². The van der Waals surface area contributed by atoms with E-state index in [1.54, 1.807) is 36.4 Å². The molecular weight excluding hydrogens is 304 g/mol. The predicted molar refractivity (Wildman–Crippen MR) is 91.6 cm³/mol. The van der Waals surface area contributed by atoms with Crippen LogP contribution in [0.2, 0.25) is 0 Å². The molecule has 1 heterocycles. The third kappa shape index (κ3) is 3.27. The monoisotopic (exact) mass is 320 g/mol. The molecule has 3 rings (SSSR count). The first-order valence-corrected chi connectivity index (χ1v) is 7.34. The highest BCUT2D eigenvalue weighted by atomic mass is 16.2. The van der Waals surface area contributed by atoms with Gasteiger partial charge in [0.05, 0.1) is 5.56 Å². The molecule has 6 nitrogen and oxygen atoms in total. The molecule has 4 N–H and O–H groups in total. The van der Waals surface area contributed by atoms with Gasteiger partial charge in [-0.05, 0) is 48.5 Å². The van der Waals surface area contributed by atoms with Crippen LogP contribution in [0, 0.1) is 0 Å². The number of nitrogens with zero attached hydrogens (tertiary/aromatic N) is 1. The minimum Gasteiger partial charge on any atom is -0.398 e. The summed E-state index contributed by atoms with van der Waals surface area (Å²) in [7, 11) is 0. The van der Waals surface area contributed by atoms with E-state index in [2.05, 4.69) is 10.9 Å². The first kappa shape index (κ1) is 15.4. The fourth-order valence-electron chi connectivity index (χ4n) is 2.25. The number of nitrogens with one attached hydrogen (secondary N) is 2. The number of benzene rings is 2. The van der Waals surface area contributed by atoms with Gasteiger partial charge in [0, 0.05) is 29.3 Å². The van der Waals surface area contributed by atoms with Crippen molar-refractivity contribution in [1.82, 2.24) is 15.4 Å². The Morgan fingerprint density at radius 2 is 1.42 bits per heavy atom. The average Bonchev–Trinajstić information content (AvgIpc) is 3.14. The first-order chi connectivity index (χ1) is 11.6. The van der Waals surface area contributed by atoms with Crippen molar-refractivity contribution in [3.05, 3.63) is 84.2 Å². The molecule has 0 radical (unpaired) electrons. The third-order valence-electron chi connectivity index (χ3n) is 3.53. The molecule has 0 atom stereocenters. The Bertz CT molecular complexity index is 855. The van der Waals surface area contributed by atoms with Gasteiger partial charge in [0.15, 0.2) is 0 Å². The second-order valence-electron chi connectivity index (χ2n) is 5.13. The predicted octanol–water partition coefficient (Wildman–Crippen LogP) is 2.13. The van der Waals surface area contributed by atoms with E-state index in [1.165, 1.54) is 0 Å². The number of carbonyl (C=O) groups excluding carboxylic acids is 2. The molecule has 0 aliphatic heterocycles. The van der Waals surface area contributed by atoms with Crippen molar-refractivity contribution in [1.29, 1.82) is 0 Å². The van der Waals surface area contributed by atoms with E-state index in [0.717, 1.165) is 5.69 Å². The number of carbonyl (C=O) groups is 2. The number of hydrazine groups is 1. The Hall–Kier alpha value is -3.54. The molecule has 0 aliphatic rings. The van der Waals surface area contributed by atoms with Crippen LogP contribution < -0.4 is 16.6 Å². The van der Waals surface area contributed by atoms with Gasteiger partial charge in [-0.1, -0.05) is 12.1 Å². The van der Waals surface area contributed by atoms with E-state index in [9.17, 15) is 9.59 Å². The van der Waals surface area contributed by atoms with Gasteiger partial charge < -0.3 is 10.3 Å². The topological polar surface area (TPSA) is 89.2 Å². The highest BCUT2D eigenvalue weighted by Gasteiger charge is 2.11. The fraction of sp³-hybridized carbons (Fsp3) is 0. The van der Waals surface area contributed by atoms with Crippen LogP contribution in [0.1, 0.15) is 20.7 Å². The first-order valence-electron chi connectivity index (χ1n) is 7.34. The Morgan fingerprint density at radius 3 is 2.08 bits per heavy atom. The van der Waals surface area contributed by atoms with Crippen LogP contribution in [0.25, 0.3) is 5.69 Å². The number of anilines is 1. The van der Waals surface area contributed by atoms with Crippen molar-refractivity contribution in [2.45, 2.75) is 0 Å². The van der Waals surface area contributed by atoms with Crippen molar-refractivity contribution in [3.63, 3.8) is 0 Å². The van der Waals surface area contributed by atoms with E-state index in [4.69, 9.17) is 5.73 Å². The number of rotatable bonds is 3. The average molecular weight is 320 g/mol. The molecule has 0 aliphatic carbocycles. The zero-order valence-electron chi connectivity index (χ0n) is 12.8. The van der Waals surface area contributed by atoms with Crippen LogP contribution in [-0.2, 0) is 0 Å². The summed E-state index contributed by atoms with van der Waals surface area (Å²) in [6.07, 6.45) is 3.83. The molecule has 0 saturated heterocycles. The van der Waals surface area contributed by atoms with Gasteiger partial charge >= 0.3 is 0 Å². The largest absolute Gasteiger partial charge is 0.398 e. The molecule has 2 aromatic carbocycles. The van der Waals surface area contributed by atoms with Crippen molar-refractivity contribution in [2.24, 2.45) is 0 Å². The molecule has 0 unspecified atom stereocenters. The van der Waals surface area contributed by atoms with E-state index < -0.39 is 11.8 Å². The van der Waals surface area contributed by atoms with Crippen LogP contribution in [-0.4, -0.2) is 16.4 Å². The van der Waals surface area contributed by atoms with Crippen molar-refractivity contribution in [3.8, 4) is 5.69 Å². The Kier molecular flexibility index (Phi) is 4.29. The molecule has 0 saturated carbocycles. The highest BCUT2D eigenvalue weighted by molar-refractivity contribution is 6.01. The lowest BCUT2D eigenvalue weighted by Crippen LogP contribution is -2.41. The smallest absolute Gasteiger partial charge is 0.271 e. The summed E-state index contributed by atoms with van der Waals surface area (Å²) in [6.45, 7) is 0. The van der Waals surface area contributed by atoms with Crippen LogP contribution in [0.4, 0.5) is 5.69 Å². The fourth-order valence-corrected chi connectivity index (χ4v) is 2.25. The van der Waals surface area contributed by atoms with Gasteiger partial charge in [-0.3, -0.25) is 20.4 Å². The van der Waals surface area contributed by atoms with Crippen molar-refractivity contribution < 1.29 is 9.59 Å². The number of nitrogens with two attached hydrogens (primary N) is 1. The van der Waals surface area contributed by atoms with Gasteiger partial charge in [0.1, 0.15) is 0 Å². The number of hydrogen-bond donors (Lipinski definition) is 3. The standard InChI is InChI=1S/C18H16N4O2/c19-16-6-2-1-5-15(16)18(24)21-20-17(23)13-7-9-14(10-8-13)22-11-3-4-12-22/h1-12H,19H2,(H,20,23)(H,21,24). The molecule has 120 valence electrons. The maximum atomic E-state index is 12.1. The molecule has 3 aromatic rings. The molecule has 0 bridgehead atoms. The van der Waals surface area contributed by atoms with Crippen LogP contribution >= 0.6 is 0 Å². The summed E-state index contributed by atoms with van der Waals surface area (Å²) in [6, 6.07) is 17.5. The van der Waals surface area contributed by atoms with Crippen LogP contribution in [0.3, 0.4) is 0 Å². The Balaban J connectivity index is 1.63. The second-order valence-corrected chi connectivity index (χ2v) is 5.13. The number of hydrogen-bond acceptors (Lipinski definition) is 3. The minimum absolute atomic E-state index is 0.306. The Morgan fingerprint density at radius 1 is 0.792 bits per heavy atom. The van der Waals surface area contributed by atoms with E-state index in [1.807, 2.05) is 41.2 Å². The van der Waals surface area contributed by atoms with Crippen LogP contribution in [0.15, 0.2) is 73.1 Å². The van der Waals surface area contributed by atoms with E-state index in [0.29, 0.717) is 16.8 Å². The quantitative estimate of drug-likeness (QED) is 0.510. The van der Waals surface area contributed by atoms with Gasteiger partial charge in [0.2, 0.25) is 0 Å². The molecule has 2 amide bonds. The Labute approximate surface area is 138 Å². The molecule has 0 fully saturated rings. The third-order valence-corrected chi connectivity index (χ3v) is 3.53. The summed E-state index contributed by atoms with van der Waals surface area (Å²) in [5.41, 5.74) is 12.5. The minimum atomic E-state index is -0.467. The zero-order chi connectivity index (χ0) is 16.9. The summed E-state index contributed by atoms with van der Waals surface area (Å²) in [5, 5.41) is 0. The summed E-state index contributed by atoms with van der Waals surface area (Å²) < 4.78 is 1.93. The van der Waals surface area contributed by atoms with Gasteiger partial charge in [-0.2, -0.15) is 0 Å². The maximum Gasteiger partial charge on any atom is 0.271 e. The number of aromatic nitrogens is 1. The summed E-state index contributed by atoms with van der Waals surface area (Å²) in [5.74, 6) is -0.873. The lowest BCUT2D eigenvalue weighted by atomic mass is 10.2. The van der Waals surface area contributed by atoms with Gasteiger partial charge in [-0.25, -0.2) is 0 Å². The lowest BCUT2D eigenvalue weighted by molar-refractivity contribution is 0.0847. The van der Waals surface area contributed by atoms with Crippen LogP contribution in [0.5, 0.6) is 0 Å². The lowest BCUT2D eigenvalue weighted by Gasteiger charge is -2.09. The molecule has 6 heteroatoms. The van der Waals surface area contributed by atoms with E-state index in [-0.39, 0.29) is 0 Å². The zero-order valence-corrected chi connectivity index (χ0v) is 12.8. The SMILES string of the molecule is Nc1ccccc1C(=O)NNC(=O)c1ccc(-n2cccc2)cc1. The summed E-state index contributed by atoms with van der Waals surface area (Å²) in [4.78, 5) is 24.1. The second kappa shape index (κ2) is 6.70. The summed E-state index contributed by atoms with van der Waals surface area (Å²) >= 11 is 0. The number of nitrogen functional groups attached to an aromatic ring is 1. The van der Waals surface area contributed by atoms with Gasteiger partial charge in [-0.15, -0.1) is 0 Å². The molecular formula is C18H16N4O2. The normalized spacial score (nSPS) is 10.2. The van der Waals surface area contributed by atoms with Crippen molar-refractivity contribution >= 4 is 17.5 Å². The molecule has 1 aromatic heterocycles. The number of amides is 2.